The molecule has 0 aliphatic heterocycles. The summed E-state index contributed by atoms with van der Waals surface area (Å²) in [4.78, 5) is 3.77. The first-order chi connectivity index (χ1) is 13.9. The molecular weight excluding hydrogens is 416 g/mol. The van der Waals surface area contributed by atoms with Crippen molar-refractivity contribution in [3.05, 3.63) is 59.2 Å². The van der Waals surface area contributed by atoms with Gasteiger partial charge in [0.25, 0.3) is 0 Å². The average Bonchev–Trinajstić information content (AvgIpc) is 2.65. The fourth-order valence-corrected chi connectivity index (χ4v) is 2.56. The van der Waals surface area contributed by atoms with E-state index in [2.05, 4.69) is 15.2 Å². The number of rotatable bonds is 4. The molecule has 30 heavy (non-hydrogen) atoms. The lowest BCUT2D eigenvalue weighted by atomic mass is 10.1. The molecule has 4 N–H and O–H groups in total. The third-order valence-corrected chi connectivity index (χ3v) is 3.89. The molecule has 3 aromatic rings. The van der Waals surface area contributed by atoms with Crippen molar-refractivity contribution in [2.24, 2.45) is 0 Å². The number of nitrogen functional groups attached to an aromatic ring is 2. The summed E-state index contributed by atoms with van der Waals surface area (Å²) in [5.74, 6) is 0.0255. The van der Waals surface area contributed by atoms with Crippen LogP contribution in [0.5, 0.6) is 5.75 Å². The highest BCUT2D eigenvalue weighted by molar-refractivity contribution is 5.70. The van der Waals surface area contributed by atoms with Crippen LogP contribution in [0.1, 0.15) is 16.7 Å². The van der Waals surface area contributed by atoms with Gasteiger partial charge in [0.2, 0.25) is 5.95 Å². The minimum absolute atomic E-state index is 0.00709. The van der Waals surface area contributed by atoms with Gasteiger partial charge in [-0.05, 0) is 35.9 Å². The molecule has 0 spiro atoms. The van der Waals surface area contributed by atoms with Crippen LogP contribution in [0.15, 0.2) is 42.5 Å². The molecule has 0 saturated heterocycles. The van der Waals surface area contributed by atoms with Gasteiger partial charge in [0, 0.05) is 5.56 Å². The van der Waals surface area contributed by atoms with Crippen molar-refractivity contribution >= 4 is 11.8 Å². The lowest BCUT2D eigenvalue weighted by Crippen LogP contribution is -2.12. The first-order valence-corrected chi connectivity index (χ1v) is 8.21. The largest absolute Gasteiger partial charge is 0.489 e. The highest BCUT2D eigenvalue weighted by Gasteiger charge is 2.36. The minimum atomic E-state index is -4.94. The molecule has 0 amide bonds. The molecule has 1 aromatic heterocycles. The number of nitrogens with two attached hydrogens (primary N) is 2. The second-order valence-corrected chi connectivity index (χ2v) is 6.13. The number of halogens is 6. The first kappa shape index (κ1) is 21.1. The van der Waals surface area contributed by atoms with Crippen LogP contribution >= 0.6 is 0 Å². The van der Waals surface area contributed by atoms with Gasteiger partial charge < -0.3 is 16.2 Å². The van der Waals surface area contributed by atoms with E-state index < -0.39 is 30.1 Å². The maximum atomic E-state index is 13.0. The Labute approximate surface area is 165 Å². The lowest BCUT2D eigenvalue weighted by Gasteiger charge is -2.15. The summed E-state index contributed by atoms with van der Waals surface area (Å²) < 4.78 is 83.1. The van der Waals surface area contributed by atoms with Crippen LogP contribution in [0.4, 0.5) is 38.1 Å². The quantitative estimate of drug-likeness (QED) is 0.600. The molecule has 0 aliphatic carbocycles. The van der Waals surface area contributed by atoms with E-state index >= 15 is 0 Å². The molecule has 3 rings (SSSR count). The Morgan fingerprint density at radius 2 is 1.47 bits per heavy atom. The zero-order chi connectivity index (χ0) is 22.1. The fourth-order valence-electron chi connectivity index (χ4n) is 2.56. The van der Waals surface area contributed by atoms with Crippen LogP contribution in [-0.4, -0.2) is 15.2 Å². The third-order valence-electron chi connectivity index (χ3n) is 3.89. The molecule has 0 atom stereocenters. The van der Waals surface area contributed by atoms with Crippen molar-refractivity contribution < 1.29 is 31.1 Å². The normalized spacial score (nSPS) is 12.1. The van der Waals surface area contributed by atoms with E-state index in [0.29, 0.717) is 17.7 Å². The van der Waals surface area contributed by atoms with E-state index in [-0.39, 0.29) is 34.8 Å². The number of nitrogens with zero attached hydrogens (tertiary/aromatic N) is 3. The molecular formula is C18H13F6N5O. The van der Waals surface area contributed by atoms with Gasteiger partial charge in [0.05, 0.1) is 11.1 Å². The van der Waals surface area contributed by atoms with Crippen LogP contribution in [-0.2, 0) is 19.0 Å². The number of benzene rings is 2. The van der Waals surface area contributed by atoms with Gasteiger partial charge in [0.1, 0.15) is 18.1 Å². The van der Waals surface area contributed by atoms with Crippen molar-refractivity contribution in [3.63, 3.8) is 0 Å². The van der Waals surface area contributed by atoms with Crippen molar-refractivity contribution in [1.29, 1.82) is 0 Å². The zero-order valence-corrected chi connectivity index (χ0v) is 14.9. The average molecular weight is 429 g/mol. The number of alkyl halides is 6. The molecule has 0 aliphatic rings. The van der Waals surface area contributed by atoms with Gasteiger partial charge >= 0.3 is 12.4 Å². The van der Waals surface area contributed by atoms with Crippen molar-refractivity contribution in [3.8, 4) is 17.0 Å². The third kappa shape index (κ3) is 4.88. The van der Waals surface area contributed by atoms with E-state index in [1.807, 2.05) is 0 Å². The molecule has 0 unspecified atom stereocenters. The number of aromatic nitrogens is 3. The highest BCUT2D eigenvalue weighted by atomic mass is 19.4. The van der Waals surface area contributed by atoms with E-state index in [1.54, 1.807) is 6.07 Å². The second kappa shape index (κ2) is 7.69. The summed E-state index contributed by atoms with van der Waals surface area (Å²) in [6.07, 6.45) is -9.87. The maximum Gasteiger partial charge on any atom is 0.416 e. The molecule has 6 nitrogen and oxygen atoms in total. The molecule has 0 fully saturated rings. The van der Waals surface area contributed by atoms with Crippen LogP contribution < -0.4 is 16.2 Å². The van der Waals surface area contributed by atoms with E-state index in [1.165, 1.54) is 18.2 Å². The van der Waals surface area contributed by atoms with Gasteiger partial charge in [0.15, 0.2) is 5.82 Å². The Hall–Kier alpha value is -3.57. The molecule has 0 bridgehead atoms. The molecule has 12 heteroatoms. The summed E-state index contributed by atoms with van der Waals surface area (Å²) in [6, 6.07) is 7.30. The monoisotopic (exact) mass is 429 g/mol. The summed E-state index contributed by atoms with van der Waals surface area (Å²) in [6.45, 7) is -0.530. The van der Waals surface area contributed by atoms with Crippen molar-refractivity contribution in [1.82, 2.24) is 15.2 Å². The summed E-state index contributed by atoms with van der Waals surface area (Å²) in [5, 5.41) is 7.40. The van der Waals surface area contributed by atoms with Crippen LogP contribution in [0.25, 0.3) is 11.3 Å². The number of ether oxygens (including phenoxy) is 1. The molecule has 1 heterocycles. The van der Waals surface area contributed by atoms with Crippen LogP contribution in [0.3, 0.4) is 0 Å². The number of hydrogen-bond donors (Lipinski definition) is 2. The van der Waals surface area contributed by atoms with Crippen LogP contribution in [0, 0.1) is 0 Å². The topological polar surface area (TPSA) is 99.9 Å². The molecule has 158 valence electrons. The van der Waals surface area contributed by atoms with E-state index in [9.17, 15) is 26.3 Å². The van der Waals surface area contributed by atoms with Gasteiger partial charge in [-0.3, -0.25) is 0 Å². The Balaban J connectivity index is 1.87. The Morgan fingerprint density at radius 1 is 0.833 bits per heavy atom. The second-order valence-electron chi connectivity index (χ2n) is 6.13. The lowest BCUT2D eigenvalue weighted by molar-refractivity contribution is -0.143. The summed E-state index contributed by atoms with van der Waals surface area (Å²) in [7, 11) is 0. The number of anilines is 2. The molecule has 2 aromatic carbocycles. The Morgan fingerprint density at radius 3 is 2.03 bits per heavy atom. The Kier molecular flexibility index (Phi) is 5.42. The van der Waals surface area contributed by atoms with E-state index in [4.69, 9.17) is 16.2 Å². The summed E-state index contributed by atoms with van der Waals surface area (Å²) >= 11 is 0. The SMILES string of the molecule is Nc1nnc(-c2cccc(OCc3cc(C(F)(F)F)cc(C(F)(F)F)c3)c2)c(N)n1. The van der Waals surface area contributed by atoms with Gasteiger partial charge in [-0.1, -0.05) is 12.1 Å². The smallest absolute Gasteiger partial charge is 0.416 e. The standard InChI is InChI=1S/C18H13F6N5O/c19-17(20,21)11-4-9(5-12(7-11)18(22,23)24)8-30-13-3-1-2-10(6-13)14-15(25)27-16(26)29-28-14/h1-7H,8H2,(H4,25,26,27,29). The predicted molar refractivity (Wildman–Crippen MR) is 94.9 cm³/mol. The first-order valence-electron chi connectivity index (χ1n) is 8.21. The Bertz CT molecular complexity index is 1040. The maximum absolute atomic E-state index is 13.0. The summed E-state index contributed by atoms with van der Waals surface area (Å²) in [5.41, 5.74) is 8.60. The molecule has 0 radical (unpaired) electrons. The predicted octanol–water partition coefficient (Wildman–Crippen LogP) is 4.32. The van der Waals surface area contributed by atoms with Gasteiger partial charge in [-0.25, -0.2) is 0 Å². The van der Waals surface area contributed by atoms with Gasteiger partial charge in [-0.15, -0.1) is 10.2 Å². The van der Waals surface area contributed by atoms with Crippen molar-refractivity contribution in [2.75, 3.05) is 11.5 Å². The minimum Gasteiger partial charge on any atom is -0.489 e. The zero-order valence-electron chi connectivity index (χ0n) is 14.9. The number of hydrogen-bond acceptors (Lipinski definition) is 6. The van der Waals surface area contributed by atoms with Crippen LogP contribution in [0.2, 0.25) is 0 Å². The molecule has 0 saturated carbocycles. The fraction of sp³-hybridized carbons (Fsp3) is 0.167. The van der Waals surface area contributed by atoms with Gasteiger partial charge in [-0.2, -0.15) is 31.3 Å². The van der Waals surface area contributed by atoms with E-state index in [0.717, 1.165) is 0 Å². The highest BCUT2D eigenvalue weighted by Crippen LogP contribution is 2.36. The van der Waals surface area contributed by atoms with Crippen molar-refractivity contribution in [2.45, 2.75) is 19.0 Å².